The third-order valence-corrected chi connectivity index (χ3v) is 10.7. The first-order valence-corrected chi connectivity index (χ1v) is 18.8. The van der Waals surface area contributed by atoms with E-state index < -0.39 is 0 Å². The average molecular weight is 684 g/mol. The van der Waals surface area contributed by atoms with Gasteiger partial charge in [0.15, 0.2) is 0 Å². The van der Waals surface area contributed by atoms with Gasteiger partial charge in [-0.05, 0) is 112 Å². The Balaban J connectivity index is 1.15. The molecule has 0 heterocycles. The molecule has 2 aliphatic rings. The fourth-order valence-electron chi connectivity index (χ4n) is 7.93. The summed E-state index contributed by atoms with van der Waals surface area (Å²) in [7, 11) is 0. The zero-order valence-electron chi connectivity index (χ0n) is 30.6. The number of nitrogens with zero attached hydrogens (tertiary/aromatic N) is 1. The summed E-state index contributed by atoms with van der Waals surface area (Å²) in [4.78, 5) is 2.51. The van der Waals surface area contributed by atoms with Crippen LogP contribution in [0.25, 0.3) is 33.9 Å². The Labute approximate surface area is 315 Å². The molecular formula is C52H45N. The molecule has 2 unspecified atom stereocenters. The minimum Gasteiger partial charge on any atom is -0.334 e. The monoisotopic (exact) mass is 683 g/mol. The summed E-state index contributed by atoms with van der Waals surface area (Å²) >= 11 is 0. The Hall–Kier alpha value is -6.18. The maximum atomic E-state index is 2.51. The second-order valence-electron chi connectivity index (χ2n) is 14.0. The van der Waals surface area contributed by atoms with Crippen molar-refractivity contribution in [2.75, 3.05) is 4.90 Å². The number of anilines is 2. The molecule has 1 nitrogen and oxygen atoms in total. The summed E-state index contributed by atoms with van der Waals surface area (Å²) in [6, 6.07) is 57.7. The highest BCUT2D eigenvalue weighted by Gasteiger charge is 2.26. The Morgan fingerprint density at radius 1 is 0.585 bits per heavy atom. The van der Waals surface area contributed by atoms with Gasteiger partial charge in [-0.3, -0.25) is 0 Å². The van der Waals surface area contributed by atoms with Crippen molar-refractivity contribution in [3.63, 3.8) is 0 Å². The van der Waals surface area contributed by atoms with Crippen molar-refractivity contribution in [1.29, 1.82) is 0 Å². The van der Waals surface area contributed by atoms with Gasteiger partial charge in [0.05, 0.1) is 6.04 Å². The van der Waals surface area contributed by atoms with Crippen molar-refractivity contribution in [2.45, 2.75) is 38.6 Å². The van der Waals surface area contributed by atoms with Gasteiger partial charge in [0, 0.05) is 17.3 Å². The van der Waals surface area contributed by atoms with Crippen molar-refractivity contribution in [1.82, 2.24) is 0 Å². The van der Waals surface area contributed by atoms with Crippen LogP contribution in [0.15, 0.2) is 205 Å². The highest BCUT2D eigenvalue weighted by Crippen LogP contribution is 2.41. The minimum absolute atomic E-state index is 0.123. The first-order valence-electron chi connectivity index (χ1n) is 18.8. The molecule has 2 atom stereocenters. The molecule has 0 N–H and O–H groups in total. The van der Waals surface area contributed by atoms with Crippen LogP contribution in [0.4, 0.5) is 11.4 Å². The van der Waals surface area contributed by atoms with Gasteiger partial charge in [0.1, 0.15) is 0 Å². The number of benzene rings is 6. The molecule has 258 valence electrons. The second kappa shape index (κ2) is 15.6. The van der Waals surface area contributed by atoms with Gasteiger partial charge in [-0.15, -0.1) is 0 Å². The molecule has 0 aromatic heterocycles. The number of hydrogen-bond acceptors (Lipinski definition) is 1. The van der Waals surface area contributed by atoms with E-state index in [1.165, 1.54) is 72.6 Å². The van der Waals surface area contributed by atoms with Gasteiger partial charge in [0.25, 0.3) is 0 Å². The average Bonchev–Trinajstić information content (AvgIpc) is 3.24. The standard InChI is InChI=1S/C52H45N/c1-3-4-14-38(2)52-37-48(35-36-51(52)45-25-23-44(24-26-45)50-22-13-20-43-19-11-12-21-49(43)50)53(46-31-27-41(28-32-46)39-15-7-5-8-16-39)47-33-29-42(30-34-47)40-17-9-6-10-18-40/h3-21,23-36,48,50H,22,37H2,1-2H3/b4-3-,38-14+. The summed E-state index contributed by atoms with van der Waals surface area (Å²) in [5, 5.41) is 0. The molecule has 1 heteroatoms. The molecule has 0 amide bonds. The third-order valence-electron chi connectivity index (χ3n) is 10.7. The Morgan fingerprint density at radius 2 is 1.13 bits per heavy atom. The predicted octanol–water partition coefficient (Wildman–Crippen LogP) is 14.0. The highest BCUT2D eigenvalue weighted by molar-refractivity contribution is 5.83. The lowest BCUT2D eigenvalue weighted by Crippen LogP contribution is -2.31. The van der Waals surface area contributed by atoms with Crippen LogP contribution in [0.2, 0.25) is 0 Å². The van der Waals surface area contributed by atoms with Gasteiger partial charge in [-0.25, -0.2) is 0 Å². The van der Waals surface area contributed by atoms with Crippen LogP contribution in [0.3, 0.4) is 0 Å². The van der Waals surface area contributed by atoms with E-state index in [1.54, 1.807) is 0 Å². The molecule has 0 saturated carbocycles. The van der Waals surface area contributed by atoms with Crippen LogP contribution in [0, 0.1) is 0 Å². The molecule has 0 fully saturated rings. The van der Waals surface area contributed by atoms with E-state index in [2.05, 4.69) is 219 Å². The van der Waals surface area contributed by atoms with Crippen molar-refractivity contribution in [3.8, 4) is 22.3 Å². The first-order chi connectivity index (χ1) is 26.2. The Bertz CT molecular complexity index is 2240. The molecular weight excluding hydrogens is 639 g/mol. The zero-order chi connectivity index (χ0) is 36.0. The summed E-state index contributed by atoms with van der Waals surface area (Å²) in [6.45, 7) is 4.35. The van der Waals surface area contributed by atoms with E-state index in [1.807, 2.05) is 0 Å². The van der Waals surface area contributed by atoms with Crippen LogP contribution in [0.1, 0.15) is 54.9 Å². The van der Waals surface area contributed by atoms with Crippen LogP contribution < -0.4 is 4.90 Å². The smallest absolute Gasteiger partial charge is 0.0566 e. The molecule has 8 rings (SSSR count). The molecule has 6 aromatic rings. The predicted molar refractivity (Wildman–Crippen MR) is 227 cm³/mol. The third kappa shape index (κ3) is 7.30. The Morgan fingerprint density at radius 3 is 1.74 bits per heavy atom. The van der Waals surface area contributed by atoms with E-state index in [-0.39, 0.29) is 6.04 Å². The lowest BCUT2D eigenvalue weighted by Gasteiger charge is -2.36. The van der Waals surface area contributed by atoms with E-state index >= 15 is 0 Å². The van der Waals surface area contributed by atoms with Gasteiger partial charge in [0.2, 0.25) is 0 Å². The fraction of sp³-hybridized carbons (Fsp3) is 0.115. The number of hydrogen-bond donors (Lipinski definition) is 0. The molecule has 2 aliphatic carbocycles. The SMILES string of the molecule is C/C=C\C=C(/C)C1=C(c2ccc(C3CC=Cc4ccccc43)cc2)C=CC(N(c2ccc(-c3ccccc3)cc2)c2ccc(-c3ccccc3)cc2)C1. The van der Waals surface area contributed by atoms with Crippen molar-refractivity contribution < 1.29 is 0 Å². The largest absolute Gasteiger partial charge is 0.334 e. The second-order valence-corrected chi connectivity index (χ2v) is 14.0. The highest BCUT2D eigenvalue weighted by atomic mass is 15.2. The molecule has 6 aromatic carbocycles. The Kier molecular flexibility index (Phi) is 9.99. The molecule has 53 heavy (non-hydrogen) atoms. The van der Waals surface area contributed by atoms with Gasteiger partial charge in [-0.2, -0.15) is 0 Å². The minimum atomic E-state index is 0.123. The van der Waals surface area contributed by atoms with E-state index in [4.69, 9.17) is 0 Å². The van der Waals surface area contributed by atoms with E-state index in [0.717, 1.165) is 12.8 Å². The lowest BCUT2D eigenvalue weighted by molar-refractivity contribution is 0.764. The molecule has 0 saturated heterocycles. The van der Waals surface area contributed by atoms with Gasteiger partial charge in [-0.1, -0.05) is 176 Å². The van der Waals surface area contributed by atoms with Crippen LogP contribution in [-0.4, -0.2) is 6.04 Å². The summed E-state index contributed by atoms with van der Waals surface area (Å²) < 4.78 is 0. The summed E-state index contributed by atoms with van der Waals surface area (Å²) in [6.07, 6.45) is 17.8. The summed E-state index contributed by atoms with van der Waals surface area (Å²) in [5.41, 5.74) is 16.6. The van der Waals surface area contributed by atoms with Crippen molar-refractivity contribution in [2.24, 2.45) is 0 Å². The normalized spacial score (nSPS) is 16.9. The zero-order valence-corrected chi connectivity index (χ0v) is 30.6. The van der Waals surface area contributed by atoms with Crippen molar-refractivity contribution in [3.05, 3.63) is 228 Å². The molecule has 0 radical (unpaired) electrons. The topological polar surface area (TPSA) is 3.24 Å². The summed E-state index contributed by atoms with van der Waals surface area (Å²) in [5.74, 6) is 0.386. The number of rotatable bonds is 9. The quantitative estimate of drug-likeness (QED) is 0.137. The number of fused-ring (bicyclic) bond motifs is 1. The van der Waals surface area contributed by atoms with Gasteiger partial charge < -0.3 is 4.90 Å². The molecule has 0 aliphatic heterocycles. The van der Waals surface area contributed by atoms with Crippen LogP contribution in [-0.2, 0) is 0 Å². The van der Waals surface area contributed by atoms with E-state index in [0.29, 0.717) is 5.92 Å². The maximum Gasteiger partial charge on any atom is 0.0566 e. The maximum absolute atomic E-state index is 2.51. The fourth-order valence-corrected chi connectivity index (χ4v) is 7.93. The molecule has 0 spiro atoms. The van der Waals surface area contributed by atoms with Crippen LogP contribution >= 0.6 is 0 Å². The lowest BCUT2D eigenvalue weighted by atomic mass is 9.81. The number of allylic oxidation sites excluding steroid dienone is 7. The van der Waals surface area contributed by atoms with E-state index in [9.17, 15) is 0 Å². The van der Waals surface area contributed by atoms with Gasteiger partial charge >= 0.3 is 0 Å². The molecule has 0 bridgehead atoms. The van der Waals surface area contributed by atoms with Crippen molar-refractivity contribution >= 4 is 23.0 Å². The first kappa shape index (κ1) is 33.9. The van der Waals surface area contributed by atoms with Crippen LogP contribution in [0.5, 0.6) is 0 Å².